The van der Waals surface area contributed by atoms with E-state index in [1.54, 1.807) is 6.33 Å². The molecule has 1 aliphatic rings. The molecular weight excluding hydrogens is 222 g/mol. The Bertz CT molecular complexity index is 376. The van der Waals surface area contributed by atoms with Crippen molar-refractivity contribution >= 4 is 5.82 Å². The summed E-state index contributed by atoms with van der Waals surface area (Å²) in [5.41, 5.74) is 1.12. The van der Waals surface area contributed by atoms with Crippen LogP contribution < -0.4 is 5.32 Å². The Morgan fingerprint density at radius 2 is 2.17 bits per heavy atom. The summed E-state index contributed by atoms with van der Waals surface area (Å²) in [6.07, 6.45) is 8.29. The van der Waals surface area contributed by atoms with Crippen LogP contribution in [0, 0.1) is 5.92 Å². The van der Waals surface area contributed by atoms with E-state index in [9.17, 15) is 0 Å². The lowest BCUT2D eigenvalue weighted by molar-refractivity contribution is 0.327. The predicted molar refractivity (Wildman–Crippen MR) is 75.8 cm³/mol. The van der Waals surface area contributed by atoms with Crippen molar-refractivity contribution in [2.45, 2.75) is 64.8 Å². The molecule has 1 N–H and O–H groups in total. The van der Waals surface area contributed by atoms with Crippen LogP contribution in [-0.4, -0.2) is 16.0 Å². The molecule has 0 aromatic carbocycles. The lowest BCUT2D eigenvalue weighted by Crippen LogP contribution is -2.27. The second kappa shape index (κ2) is 6.17. The number of hydrogen-bond acceptors (Lipinski definition) is 3. The van der Waals surface area contributed by atoms with Gasteiger partial charge in [-0.15, -0.1) is 0 Å². The van der Waals surface area contributed by atoms with Crippen molar-refractivity contribution in [1.29, 1.82) is 0 Å². The molecule has 1 aliphatic carbocycles. The van der Waals surface area contributed by atoms with E-state index in [0.717, 1.165) is 17.4 Å². The van der Waals surface area contributed by atoms with Gasteiger partial charge in [-0.25, -0.2) is 9.97 Å². The highest BCUT2D eigenvalue weighted by molar-refractivity contribution is 5.36. The maximum Gasteiger partial charge on any atom is 0.129 e. The maximum absolute atomic E-state index is 4.34. The molecule has 2 unspecified atom stereocenters. The minimum Gasteiger partial charge on any atom is -0.367 e. The second-order valence-electron chi connectivity index (χ2n) is 5.76. The lowest BCUT2D eigenvalue weighted by atomic mass is 9.84. The zero-order valence-corrected chi connectivity index (χ0v) is 11.8. The summed E-state index contributed by atoms with van der Waals surface area (Å²) < 4.78 is 0. The topological polar surface area (TPSA) is 37.8 Å². The van der Waals surface area contributed by atoms with Gasteiger partial charge in [-0.05, 0) is 24.7 Å². The van der Waals surface area contributed by atoms with Gasteiger partial charge in [-0.3, -0.25) is 0 Å². The molecule has 1 fully saturated rings. The Balaban J connectivity index is 1.98. The smallest absolute Gasteiger partial charge is 0.129 e. The van der Waals surface area contributed by atoms with Crippen LogP contribution in [0.15, 0.2) is 12.4 Å². The SMILES string of the molecule is CCC1CCCC(Nc2cc(C(C)C)ncn2)C1. The summed E-state index contributed by atoms with van der Waals surface area (Å²) in [6, 6.07) is 2.69. The highest BCUT2D eigenvalue weighted by Gasteiger charge is 2.20. The Morgan fingerprint density at radius 3 is 2.89 bits per heavy atom. The fraction of sp³-hybridized carbons (Fsp3) is 0.733. The first-order valence-corrected chi connectivity index (χ1v) is 7.27. The molecule has 0 saturated heterocycles. The first kappa shape index (κ1) is 13.3. The van der Waals surface area contributed by atoms with Gasteiger partial charge in [0, 0.05) is 17.8 Å². The molecular formula is C15H25N3. The predicted octanol–water partition coefficient (Wildman–Crippen LogP) is 3.98. The van der Waals surface area contributed by atoms with Crippen molar-refractivity contribution in [3.8, 4) is 0 Å². The van der Waals surface area contributed by atoms with Gasteiger partial charge in [0.2, 0.25) is 0 Å². The zero-order chi connectivity index (χ0) is 13.0. The summed E-state index contributed by atoms with van der Waals surface area (Å²) in [5, 5.41) is 3.59. The number of anilines is 1. The first-order valence-electron chi connectivity index (χ1n) is 7.27. The average Bonchev–Trinajstić information content (AvgIpc) is 2.39. The monoisotopic (exact) mass is 247 g/mol. The molecule has 0 radical (unpaired) electrons. The van der Waals surface area contributed by atoms with E-state index in [2.05, 4.69) is 42.1 Å². The van der Waals surface area contributed by atoms with Crippen LogP contribution in [0.2, 0.25) is 0 Å². The Kier molecular flexibility index (Phi) is 4.56. The minimum absolute atomic E-state index is 0.461. The standard InChI is InChI=1S/C15H25N3/c1-4-12-6-5-7-13(8-12)18-15-9-14(11(2)3)16-10-17-15/h9-13H,4-8H2,1-3H3,(H,16,17,18). The normalized spacial score (nSPS) is 24.2. The molecule has 2 rings (SSSR count). The van der Waals surface area contributed by atoms with Crippen molar-refractivity contribution < 1.29 is 0 Å². The van der Waals surface area contributed by atoms with Gasteiger partial charge in [-0.1, -0.05) is 40.0 Å². The molecule has 0 bridgehead atoms. The van der Waals surface area contributed by atoms with E-state index in [4.69, 9.17) is 0 Å². The van der Waals surface area contributed by atoms with Crippen LogP contribution in [0.1, 0.15) is 64.5 Å². The van der Waals surface area contributed by atoms with E-state index in [1.807, 2.05) is 0 Å². The van der Waals surface area contributed by atoms with Crippen LogP contribution in [0.25, 0.3) is 0 Å². The molecule has 3 heteroatoms. The molecule has 1 aromatic heterocycles. The van der Waals surface area contributed by atoms with Crippen molar-refractivity contribution in [1.82, 2.24) is 9.97 Å². The fourth-order valence-electron chi connectivity index (χ4n) is 2.77. The van der Waals surface area contributed by atoms with E-state index < -0.39 is 0 Å². The Hall–Kier alpha value is -1.12. The van der Waals surface area contributed by atoms with Gasteiger partial charge in [0.1, 0.15) is 12.1 Å². The zero-order valence-electron chi connectivity index (χ0n) is 11.8. The van der Waals surface area contributed by atoms with Gasteiger partial charge >= 0.3 is 0 Å². The van der Waals surface area contributed by atoms with Crippen molar-refractivity contribution in [3.63, 3.8) is 0 Å². The van der Waals surface area contributed by atoms with E-state index in [0.29, 0.717) is 12.0 Å². The number of nitrogens with one attached hydrogen (secondary N) is 1. The third kappa shape index (κ3) is 3.44. The highest BCUT2D eigenvalue weighted by atomic mass is 15.0. The highest BCUT2D eigenvalue weighted by Crippen LogP contribution is 2.28. The summed E-state index contributed by atoms with van der Waals surface area (Å²) in [4.78, 5) is 8.66. The Morgan fingerprint density at radius 1 is 1.33 bits per heavy atom. The molecule has 2 atom stereocenters. The largest absolute Gasteiger partial charge is 0.367 e. The lowest BCUT2D eigenvalue weighted by Gasteiger charge is -2.29. The molecule has 0 amide bonds. The van der Waals surface area contributed by atoms with Gasteiger partial charge in [-0.2, -0.15) is 0 Å². The number of aromatic nitrogens is 2. The van der Waals surface area contributed by atoms with Gasteiger partial charge in [0.25, 0.3) is 0 Å². The number of rotatable bonds is 4. The van der Waals surface area contributed by atoms with Gasteiger partial charge in [0.15, 0.2) is 0 Å². The molecule has 3 nitrogen and oxygen atoms in total. The molecule has 1 heterocycles. The first-order chi connectivity index (χ1) is 8.69. The van der Waals surface area contributed by atoms with Crippen LogP contribution in [0.5, 0.6) is 0 Å². The van der Waals surface area contributed by atoms with E-state index >= 15 is 0 Å². The summed E-state index contributed by atoms with van der Waals surface area (Å²) in [6.45, 7) is 6.63. The molecule has 100 valence electrons. The van der Waals surface area contributed by atoms with Gasteiger partial charge in [0.05, 0.1) is 0 Å². The molecule has 1 saturated carbocycles. The van der Waals surface area contributed by atoms with Crippen molar-refractivity contribution in [2.75, 3.05) is 5.32 Å². The van der Waals surface area contributed by atoms with E-state index in [-0.39, 0.29) is 0 Å². The van der Waals surface area contributed by atoms with Gasteiger partial charge < -0.3 is 5.32 Å². The van der Waals surface area contributed by atoms with Crippen LogP contribution in [0.4, 0.5) is 5.82 Å². The Labute approximate surface area is 110 Å². The summed E-state index contributed by atoms with van der Waals surface area (Å²) in [7, 11) is 0. The van der Waals surface area contributed by atoms with Crippen molar-refractivity contribution in [2.24, 2.45) is 5.92 Å². The molecule has 0 aliphatic heterocycles. The molecule has 1 aromatic rings. The number of nitrogens with zero attached hydrogens (tertiary/aromatic N) is 2. The van der Waals surface area contributed by atoms with Crippen LogP contribution >= 0.6 is 0 Å². The average molecular weight is 247 g/mol. The van der Waals surface area contributed by atoms with Crippen molar-refractivity contribution in [3.05, 3.63) is 18.1 Å². The van der Waals surface area contributed by atoms with E-state index in [1.165, 1.54) is 32.1 Å². The van der Waals surface area contributed by atoms with Crippen LogP contribution in [0.3, 0.4) is 0 Å². The third-order valence-corrected chi connectivity index (χ3v) is 3.99. The second-order valence-corrected chi connectivity index (χ2v) is 5.76. The quantitative estimate of drug-likeness (QED) is 0.874. The molecule has 0 spiro atoms. The minimum atomic E-state index is 0.461. The summed E-state index contributed by atoms with van der Waals surface area (Å²) in [5.74, 6) is 2.35. The van der Waals surface area contributed by atoms with Crippen LogP contribution in [-0.2, 0) is 0 Å². The summed E-state index contributed by atoms with van der Waals surface area (Å²) >= 11 is 0. The maximum atomic E-state index is 4.34. The molecule has 18 heavy (non-hydrogen) atoms. The number of hydrogen-bond donors (Lipinski definition) is 1. The third-order valence-electron chi connectivity index (χ3n) is 3.99. The fourth-order valence-corrected chi connectivity index (χ4v) is 2.77.